The van der Waals surface area contributed by atoms with Gasteiger partial charge in [-0.2, -0.15) is 0 Å². The number of carbonyl (C=O) groups excluding carboxylic acids is 2. The first kappa shape index (κ1) is 18.1. The Morgan fingerprint density at radius 3 is 2.33 bits per heavy atom. The van der Waals surface area contributed by atoms with Gasteiger partial charge in [0, 0.05) is 0 Å². The molecule has 2 amide bonds. The topological polar surface area (TPSA) is 76.7 Å². The molecular weight excluding hydrogens is 308 g/mol. The van der Waals surface area contributed by atoms with Gasteiger partial charge in [0.1, 0.15) is 12.2 Å². The van der Waals surface area contributed by atoms with Gasteiger partial charge in [0.25, 0.3) is 0 Å². The van der Waals surface area contributed by atoms with Crippen molar-refractivity contribution in [1.29, 1.82) is 0 Å². The van der Waals surface area contributed by atoms with Crippen molar-refractivity contribution in [2.45, 2.75) is 64.3 Å². The molecule has 132 valence electrons. The van der Waals surface area contributed by atoms with Crippen molar-refractivity contribution < 1.29 is 19.1 Å². The molecule has 24 heavy (non-hydrogen) atoms. The lowest BCUT2D eigenvalue weighted by molar-refractivity contribution is 0.0490. The van der Waals surface area contributed by atoms with E-state index >= 15 is 0 Å². The van der Waals surface area contributed by atoms with Crippen LogP contribution in [-0.4, -0.2) is 29.4 Å². The van der Waals surface area contributed by atoms with Gasteiger partial charge in [-0.25, -0.2) is 9.59 Å². The van der Waals surface area contributed by atoms with E-state index < -0.39 is 23.3 Å². The van der Waals surface area contributed by atoms with E-state index in [4.69, 9.17) is 9.47 Å². The first-order valence-electron chi connectivity index (χ1n) is 8.19. The monoisotopic (exact) mass is 334 g/mol. The Labute approximate surface area is 142 Å². The first-order valence-corrected chi connectivity index (χ1v) is 8.19. The summed E-state index contributed by atoms with van der Waals surface area (Å²) >= 11 is 0. The molecule has 1 saturated carbocycles. The van der Waals surface area contributed by atoms with E-state index in [-0.39, 0.29) is 12.6 Å². The van der Waals surface area contributed by atoms with Gasteiger partial charge < -0.3 is 20.1 Å². The number of carbonyl (C=O) groups is 2. The molecule has 1 aliphatic carbocycles. The number of alkyl carbamates (subject to hydrolysis) is 2. The zero-order chi connectivity index (χ0) is 17.8. The highest BCUT2D eigenvalue weighted by atomic mass is 16.6. The highest BCUT2D eigenvalue weighted by molar-refractivity contribution is 5.71. The van der Waals surface area contributed by atoms with Gasteiger partial charge >= 0.3 is 12.2 Å². The van der Waals surface area contributed by atoms with Crippen LogP contribution in [-0.2, 0) is 16.1 Å². The van der Waals surface area contributed by atoms with Crippen molar-refractivity contribution in [3.8, 4) is 0 Å². The van der Waals surface area contributed by atoms with E-state index in [2.05, 4.69) is 10.6 Å². The average molecular weight is 334 g/mol. The van der Waals surface area contributed by atoms with Crippen molar-refractivity contribution in [2.75, 3.05) is 0 Å². The van der Waals surface area contributed by atoms with Crippen LogP contribution in [0.15, 0.2) is 30.3 Å². The largest absolute Gasteiger partial charge is 0.445 e. The Morgan fingerprint density at radius 1 is 1.17 bits per heavy atom. The molecule has 1 aliphatic rings. The summed E-state index contributed by atoms with van der Waals surface area (Å²) in [5, 5.41) is 5.66. The lowest BCUT2D eigenvalue weighted by atomic mass is 10.1. The van der Waals surface area contributed by atoms with Crippen molar-refractivity contribution in [1.82, 2.24) is 10.6 Å². The molecule has 6 heteroatoms. The number of amides is 2. The summed E-state index contributed by atoms with van der Waals surface area (Å²) < 4.78 is 10.5. The Balaban J connectivity index is 1.80. The van der Waals surface area contributed by atoms with Crippen LogP contribution in [0.1, 0.15) is 46.1 Å². The van der Waals surface area contributed by atoms with Gasteiger partial charge in [0.05, 0.1) is 11.6 Å². The van der Waals surface area contributed by atoms with E-state index in [0.29, 0.717) is 0 Å². The lowest BCUT2D eigenvalue weighted by Gasteiger charge is -2.27. The minimum atomic E-state index is -0.553. The molecule has 0 radical (unpaired) electrons. The van der Waals surface area contributed by atoms with Gasteiger partial charge in [0.15, 0.2) is 0 Å². The zero-order valence-corrected chi connectivity index (χ0v) is 14.7. The van der Waals surface area contributed by atoms with Crippen LogP contribution in [0.3, 0.4) is 0 Å². The molecule has 0 aromatic heterocycles. The van der Waals surface area contributed by atoms with E-state index in [0.717, 1.165) is 18.4 Å². The maximum atomic E-state index is 12.0. The van der Waals surface area contributed by atoms with E-state index in [1.165, 1.54) is 0 Å². The van der Waals surface area contributed by atoms with Gasteiger partial charge in [-0.05, 0) is 46.1 Å². The molecular formula is C18H26N2O4. The first-order chi connectivity index (χ1) is 11.2. The Bertz CT molecular complexity index is 576. The summed E-state index contributed by atoms with van der Waals surface area (Å²) in [5.74, 6) is 0. The van der Waals surface area contributed by atoms with Crippen LogP contribution in [0, 0.1) is 0 Å². The minimum Gasteiger partial charge on any atom is -0.445 e. The molecule has 1 fully saturated rings. The molecule has 6 nitrogen and oxygen atoms in total. The highest BCUT2D eigenvalue weighted by Gasteiger charge is 2.50. The SMILES string of the molecule is CC(NC(=O)OC(C)(C)C)C1(NC(=O)OCc2ccccc2)CC1. The van der Waals surface area contributed by atoms with Crippen LogP contribution in [0.25, 0.3) is 0 Å². The smallest absolute Gasteiger partial charge is 0.407 e. The second-order valence-electron chi connectivity index (χ2n) is 7.21. The third-order valence-electron chi connectivity index (χ3n) is 3.91. The predicted octanol–water partition coefficient (Wildman–Crippen LogP) is 3.36. The normalized spacial score (nSPS) is 16.7. The summed E-state index contributed by atoms with van der Waals surface area (Å²) in [4.78, 5) is 23.9. The molecule has 1 atom stereocenters. The van der Waals surface area contributed by atoms with Crippen LogP contribution in [0.5, 0.6) is 0 Å². The molecule has 1 aromatic rings. The lowest BCUT2D eigenvalue weighted by Crippen LogP contribution is -2.53. The predicted molar refractivity (Wildman–Crippen MR) is 90.6 cm³/mol. The summed E-state index contributed by atoms with van der Waals surface area (Å²) in [6.45, 7) is 7.50. The minimum absolute atomic E-state index is 0.219. The van der Waals surface area contributed by atoms with E-state index in [1.807, 2.05) is 58.0 Å². The molecule has 0 heterocycles. The summed E-state index contributed by atoms with van der Waals surface area (Å²) in [6.07, 6.45) is 0.629. The van der Waals surface area contributed by atoms with Gasteiger partial charge in [0.2, 0.25) is 0 Å². The maximum absolute atomic E-state index is 12.0. The Kier molecular flexibility index (Phi) is 5.36. The van der Waals surface area contributed by atoms with Crippen molar-refractivity contribution >= 4 is 12.2 Å². The van der Waals surface area contributed by atoms with Gasteiger partial charge in [-0.15, -0.1) is 0 Å². The third-order valence-corrected chi connectivity index (χ3v) is 3.91. The number of nitrogens with one attached hydrogen (secondary N) is 2. The average Bonchev–Trinajstić information content (AvgIpc) is 3.25. The van der Waals surface area contributed by atoms with Crippen molar-refractivity contribution in [3.05, 3.63) is 35.9 Å². The fourth-order valence-electron chi connectivity index (χ4n) is 2.39. The van der Waals surface area contributed by atoms with Gasteiger partial charge in [-0.3, -0.25) is 0 Å². The third kappa shape index (κ3) is 5.44. The van der Waals surface area contributed by atoms with Crippen molar-refractivity contribution in [3.63, 3.8) is 0 Å². The van der Waals surface area contributed by atoms with Crippen molar-refractivity contribution in [2.24, 2.45) is 0 Å². The summed E-state index contributed by atoms with van der Waals surface area (Å²) in [5.41, 5.74) is -0.0785. The second kappa shape index (κ2) is 7.11. The fourth-order valence-corrected chi connectivity index (χ4v) is 2.39. The highest BCUT2D eigenvalue weighted by Crippen LogP contribution is 2.38. The molecule has 0 bridgehead atoms. The molecule has 2 N–H and O–H groups in total. The van der Waals surface area contributed by atoms with Crippen LogP contribution < -0.4 is 10.6 Å². The fraction of sp³-hybridized carbons (Fsp3) is 0.556. The summed E-state index contributed by atoms with van der Waals surface area (Å²) in [6, 6.07) is 9.25. The van der Waals surface area contributed by atoms with Crippen LogP contribution in [0.4, 0.5) is 9.59 Å². The quantitative estimate of drug-likeness (QED) is 0.865. The van der Waals surface area contributed by atoms with E-state index in [9.17, 15) is 9.59 Å². The Morgan fingerprint density at radius 2 is 1.79 bits per heavy atom. The number of rotatable bonds is 5. The maximum Gasteiger partial charge on any atom is 0.407 e. The number of ether oxygens (including phenoxy) is 2. The standard InChI is InChI=1S/C18H26N2O4/c1-13(19-15(21)24-17(2,3)4)18(10-11-18)20-16(22)23-12-14-8-6-5-7-9-14/h5-9,13H,10-12H2,1-4H3,(H,19,21)(H,20,22). The number of benzene rings is 1. The summed E-state index contributed by atoms with van der Waals surface area (Å²) in [7, 11) is 0. The number of hydrogen-bond acceptors (Lipinski definition) is 4. The van der Waals surface area contributed by atoms with E-state index in [1.54, 1.807) is 0 Å². The van der Waals surface area contributed by atoms with Crippen LogP contribution >= 0.6 is 0 Å². The zero-order valence-electron chi connectivity index (χ0n) is 14.7. The second-order valence-corrected chi connectivity index (χ2v) is 7.21. The molecule has 2 rings (SSSR count). The molecule has 1 aromatic carbocycles. The van der Waals surface area contributed by atoms with Gasteiger partial charge in [-0.1, -0.05) is 30.3 Å². The molecule has 0 spiro atoms. The van der Waals surface area contributed by atoms with Crippen LogP contribution in [0.2, 0.25) is 0 Å². The molecule has 0 saturated heterocycles. The Hall–Kier alpha value is -2.24. The molecule has 0 aliphatic heterocycles. The number of hydrogen-bond donors (Lipinski definition) is 2. The molecule has 1 unspecified atom stereocenters.